The second-order valence-electron chi connectivity index (χ2n) is 5.02. The van der Waals surface area contributed by atoms with E-state index in [0.29, 0.717) is 5.02 Å². The number of halogens is 1. The lowest BCUT2D eigenvalue weighted by atomic mass is 9.81. The third-order valence-electron chi connectivity index (χ3n) is 2.80. The first-order valence-corrected chi connectivity index (χ1v) is 5.81. The smallest absolute Gasteiger partial charge is 0.304 e. The third-order valence-corrected chi connectivity index (χ3v) is 3.11. The predicted molar refractivity (Wildman–Crippen MR) is 71.1 cm³/mol. The van der Waals surface area contributed by atoms with Gasteiger partial charge in [-0.15, -0.1) is 0 Å². The topological polar surface area (TPSA) is 40.5 Å². The van der Waals surface area contributed by atoms with Crippen LogP contribution in [0.4, 0.5) is 5.69 Å². The minimum Gasteiger partial charge on any atom is -0.481 e. The molecule has 3 nitrogen and oxygen atoms in total. The fraction of sp³-hybridized carbons (Fsp3) is 0.462. The quantitative estimate of drug-likeness (QED) is 0.899. The maximum Gasteiger partial charge on any atom is 0.304 e. The van der Waals surface area contributed by atoms with Gasteiger partial charge in [-0.25, -0.2) is 0 Å². The van der Waals surface area contributed by atoms with Gasteiger partial charge in [-0.1, -0.05) is 31.5 Å². The lowest BCUT2D eigenvalue weighted by Gasteiger charge is -2.25. The standard InChI is InChI=1S/C13H18ClNO2/c1-13(2,8-12(16)17)9-5-6-11(15(3)4)10(14)7-9/h5-7H,8H2,1-4H3,(H,16,17). The van der Waals surface area contributed by atoms with E-state index in [9.17, 15) is 4.79 Å². The molecule has 0 saturated carbocycles. The van der Waals surface area contributed by atoms with Gasteiger partial charge >= 0.3 is 5.97 Å². The van der Waals surface area contributed by atoms with Crippen LogP contribution in [0.25, 0.3) is 0 Å². The summed E-state index contributed by atoms with van der Waals surface area (Å²) in [5.74, 6) is -0.803. The SMILES string of the molecule is CN(C)c1ccc(C(C)(C)CC(=O)O)cc1Cl. The van der Waals surface area contributed by atoms with E-state index in [0.717, 1.165) is 11.3 Å². The van der Waals surface area contributed by atoms with Crippen molar-refractivity contribution in [2.75, 3.05) is 19.0 Å². The molecule has 94 valence electrons. The van der Waals surface area contributed by atoms with E-state index in [-0.39, 0.29) is 6.42 Å². The molecule has 0 spiro atoms. The molecule has 0 radical (unpaired) electrons. The average molecular weight is 256 g/mol. The Hall–Kier alpha value is -1.22. The third kappa shape index (κ3) is 3.37. The van der Waals surface area contributed by atoms with E-state index in [1.807, 2.05) is 51.0 Å². The zero-order valence-electron chi connectivity index (χ0n) is 10.6. The number of nitrogens with zero attached hydrogens (tertiary/aromatic N) is 1. The highest BCUT2D eigenvalue weighted by Crippen LogP contribution is 2.33. The highest BCUT2D eigenvalue weighted by molar-refractivity contribution is 6.33. The van der Waals surface area contributed by atoms with Crippen LogP contribution in [0.5, 0.6) is 0 Å². The van der Waals surface area contributed by atoms with E-state index in [2.05, 4.69) is 0 Å². The van der Waals surface area contributed by atoms with Crippen LogP contribution in [-0.2, 0) is 10.2 Å². The molecule has 1 rings (SSSR count). The maximum absolute atomic E-state index is 10.8. The number of rotatable bonds is 4. The second-order valence-corrected chi connectivity index (χ2v) is 5.42. The summed E-state index contributed by atoms with van der Waals surface area (Å²) in [6, 6.07) is 5.70. The lowest BCUT2D eigenvalue weighted by Crippen LogP contribution is -2.22. The van der Waals surface area contributed by atoms with Gasteiger partial charge in [-0.3, -0.25) is 4.79 Å². The molecule has 0 bridgehead atoms. The van der Waals surface area contributed by atoms with Crippen LogP contribution in [-0.4, -0.2) is 25.2 Å². The Labute approximate surface area is 107 Å². The molecule has 0 unspecified atom stereocenters. The van der Waals surface area contributed by atoms with Crippen LogP contribution in [0.2, 0.25) is 5.02 Å². The Balaban J connectivity index is 3.08. The Morgan fingerprint density at radius 1 is 1.41 bits per heavy atom. The first kappa shape index (κ1) is 13.8. The minimum absolute atomic E-state index is 0.0879. The molecule has 0 heterocycles. The Kier molecular flexibility index (Phi) is 4.04. The fourth-order valence-corrected chi connectivity index (χ4v) is 2.12. The van der Waals surface area contributed by atoms with Crippen molar-refractivity contribution in [3.05, 3.63) is 28.8 Å². The van der Waals surface area contributed by atoms with Gasteiger partial charge in [0.25, 0.3) is 0 Å². The number of hydrogen-bond acceptors (Lipinski definition) is 2. The van der Waals surface area contributed by atoms with Crippen molar-refractivity contribution in [2.45, 2.75) is 25.7 Å². The zero-order valence-corrected chi connectivity index (χ0v) is 11.4. The predicted octanol–water partition coefficient (Wildman–Crippen LogP) is 3.16. The molecule has 0 saturated heterocycles. The van der Waals surface area contributed by atoms with Crippen molar-refractivity contribution < 1.29 is 9.90 Å². The molecule has 0 fully saturated rings. The summed E-state index contributed by atoms with van der Waals surface area (Å²) in [5, 5.41) is 9.53. The van der Waals surface area contributed by atoms with Crippen molar-refractivity contribution in [3.63, 3.8) is 0 Å². The zero-order chi connectivity index (χ0) is 13.2. The van der Waals surface area contributed by atoms with Crippen LogP contribution in [0.3, 0.4) is 0 Å². The number of anilines is 1. The van der Waals surface area contributed by atoms with Crippen molar-refractivity contribution in [1.82, 2.24) is 0 Å². The van der Waals surface area contributed by atoms with Gasteiger partial charge in [-0.05, 0) is 17.7 Å². The van der Waals surface area contributed by atoms with E-state index < -0.39 is 11.4 Å². The molecule has 1 N–H and O–H groups in total. The molecular weight excluding hydrogens is 238 g/mol. The molecule has 0 atom stereocenters. The molecule has 1 aromatic carbocycles. The molecule has 0 aliphatic carbocycles. The van der Waals surface area contributed by atoms with Gasteiger partial charge in [0.2, 0.25) is 0 Å². The summed E-state index contributed by atoms with van der Waals surface area (Å²) >= 11 is 6.18. The number of aliphatic carboxylic acids is 1. The number of carboxylic acids is 1. The largest absolute Gasteiger partial charge is 0.481 e. The Morgan fingerprint density at radius 2 is 2.00 bits per heavy atom. The van der Waals surface area contributed by atoms with Gasteiger partial charge in [0.05, 0.1) is 17.1 Å². The Morgan fingerprint density at radius 3 is 2.41 bits per heavy atom. The molecule has 0 aromatic heterocycles. The Bertz CT molecular complexity index is 427. The highest BCUT2D eigenvalue weighted by Gasteiger charge is 2.24. The highest BCUT2D eigenvalue weighted by atomic mass is 35.5. The van der Waals surface area contributed by atoms with Crippen LogP contribution in [0.15, 0.2) is 18.2 Å². The van der Waals surface area contributed by atoms with Crippen LogP contribution in [0, 0.1) is 0 Å². The van der Waals surface area contributed by atoms with Crippen molar-refractivity contribution >= 4 is 23.3 Å². The number of hydrogen-bond donors (Lipinski definition) is 1. The molecule has 0 aliphatic heterocycles. The molecule has 0 amide bonds. The fourth-order valence-electron chi connectivity index (χ4n) is 1.77. The monoisotopic (exact) mass is 255 g/mol. The molecular formula is C13H18ClNO2. The number of carboxylic acid groups (broad SMARTS) is 1. The second kappa shape index (κ2) is 4.96. The van der Waals surface area contributed by atoms with E-state index in [1.165, 1.54) is 0 Å². The van der Waals surface area contributed by atoms with Gasteiger partial charge in [0.15, 0.2) is 0 Å². The number of carbonyl (C=O) groups is 1. The van der Waals surface area contributed by atoms with Gasteiger partial charge in [0.1, 0.15) is 0 Å². The van der Waals surface area contributed by atoms with E-state index >= 15 is 0 Å². The first-order valence-electron chi connectivity index (χ1n) is 5.43. The molecule has 1 aromatic rings. The summed E-state index contributed by atoms with van der Waals surface area (Å²) in [5.41, 5.74) is 1.46. The average Bonchev–Trinajstić information content (AvgIpc) is 2.14. The molecule has 0 aliphatic rings. The van der Waals surface area contributed by atoms with E-state index in [4.69, 9.17) is 16.7 Å². The minimum atomic E-state index is -0.803. The normalized spacial score (nSPS) is 11.4. The summed E-state index contributed by atoms with van der Waals surface area (Å²) < 4.78 is 0. The maximum atomic E-state index is 10.8. The van der Waals surface area contributed by atoms with Gasteiger partial charge < -0.3 is 10.0 Å². The van der Waals surface area contributed by atoms with Gasteiger partial charge in [-0.2, -0.15) is 0 Å². The number of benzene rings is 1. The molecule has 4 heteroatoms. The summed E-state index contributed by atoms with van der Waals surface area (Å²) in [4.78, 5) is 12.7. The van der Waals surface area contributed by atoms with Crippen molar-refractivity contribution in [3.8, 4) is 0 Å². The molecule has 17 heavy (non-hydrogen) atoms. The summed E-state index contributed by atoms with van der Waals surface area (Å²) in [7, 11) is 3.84. The van der Waals surface area contributed by atoms with Crippen LogP contribution in [0.1, 0.15) is 25.8 Å². The van der Waals surface area contributed by atoms with Crippen LogP contribution >= 0.6 is 11.6 Å². The van der Waals surface area contributed by atoms with Crippen molar-refractivity contribution in [2.24, 2.45) is 0 Å². The lowest BCUT2D eigenvalue weighted by molar-refractivity contribution is -0.138. The van der Waals surface area contributed by atoms with Crippen LogP contribution < -0.4 is 4.90 Å². The van der Waals surface area contributed by atoms with Crippen molar-refractivity contribution in [1.29, 1.82) is 0 Å². The first-order chi connectivity index (χ1) is 7.74. The van der Waals surface area contributed by atoms with E-state index in [1.54, 1.807) is 0 Å². The summed E-state index contributed by atoms with van der Waals surface area (Å²) in [6.45, 7) is 3.81. The summed E-state index contributed by atoms with van der Waals surface area (Å²) in [6.07, 6.45) is 0.0879. The van der Waals surface area contributed by atoms with Gasteiger partial charge in [0, 0.05) is 19.5 Å².